The number of carboxylic acids is 1. The minimum Gasteiger partial charge on any atom is -0.480 e. The summed E-state index contributed by atoms with van der Waals surface area (Å²) in [6.45, 7) is 7.46. The van der Waals surface area contributed by atoms with Crippen molar-refractivity contribution in [2.24, 2.45) is 0 Å². The van der Waals surface area contributed by atoms with Crippen molar-refractivity contribution in [2.45, 2.75) is 52.7 Å². The monoisotopic (exact) mass is 293 g/mol. The van der Waals surface area contributed by atoms with Gasteiger partial charge in [-0.05, 0) is 44.4 Å². The lowest BCUT2D eigenvalue weighted by Crippen LogP contribution is -2.42. The van der Waals surface area contributed by atoms with E-state index < -0.39 is 12.1 Å². The van der Waals surface area contributed by atoms with E-state index in [1.54, 1.807) is 19.1 Å². The molecule has 0 aliphatic heterocycles. The fourth-order valence-corrected chi connectivity index (χ4v) is 1.96. The fraction of sp³-hybridized carbons (Fsp3) is 0.500. The second kappa shape index (κ2) is 7.67. The topological polar surface area (TPSA) is 75.6 Å². The Kier molecular flexibility index (Phi) is 6.21. The Hall–Kier alpha value is -2.04. The third-order valence-electron chi connectivity index (χ3n) is 3.37. The largest absolute Gasteiger partial charge is 0.480 e. The van der Waals surface area contributed by atoms with Crippen LogP contribution < -0.4 is 10.1 Å². The zero-order chi connectivity index (χ0) is 16.0. The molecule has 0 saturated carbocycles. The van der Waals surface area contributed by atoms with Gasteiger partial charge in [0.1, 0.15) is 11.3 Å². The molecule has 116 valence electrons. The van der Waals surface area contributed by atoms with Gasteiger partial charge in [-0.3, -0.25) is 4.79 Å². The molecule has 0 bridgehead atoms. The van der Waals surface area contributed by atoms with Gasteiger partial charge in [-0.15, -0.1) is 0 Å². The van der Waals surface area contributed by atoms with Gasteiger partial charge in [-0.1, -0.05) is 19.9 Å². The van der Waals surface area contributed by atoms with Crippen molar-refractivity contribution in [3.05, 3.63) is 29.3 Å². The molecule has 0 aromatic heterocycles. The Balaban J connectivity index is 2.83. The molecule has 0 aliphatic carbocycles. The van der Waals surface area contributed by atoms with E-state index in [1.807, 2.05) is 20.8 Å². The summed E-state index contributed by atoms with van der Waals surface area (Å²) >= 11 is 0. The van der Waals surface area contributed by atoms with E-state index in [0.29, 0.717) is 0 Å². The quantitative estimate of drug-likeness (QED) is 0.810. The summed E-state index contributed by atoms with van der Waals surface area (Å²) in [6, 6.07) is 4.92. The van der Waals surface area contributed by atoms with Gasteiger partial charge in [0, 0.05) is 6.04 Å². The molecule has 5 nitrogen and oxygen atoms in total. The molecule has 0 spiro atoms. The first-order valence-electron chi connectivity index (χ1n) is 7.20. The standard InChI is InChI=1S/C16H23NO4/c1-5-12(6-2)17-15(18)11(4)21-14-9-10(3)7-8-13(14)16(19)20/h7-9,11-12H,5-6H2,1-4H3,(H,17,18)(H,19,20). The minimum atomic E-state index is -1.07. The normalized spacial score (nSPS) is 12.0. The van der Waals surface area contributed by atoms with E-state index >= 15 is 0 Å². The van der Waals surface area contributed by atoms with Gasteiger partial charge >= 0.3 is 5.97 Å². The highest BCUT2D eigenvalue weighted by Crippen LogP contribution is 2.21. The number of carbonyl (C=O) groups is 2. The molecule has 0 aliphatic rings. The summed E-state index contributed by atoms with van der Waals surface area (Å²) in [5.74, 6) is -1.09. The first-order valence-corrected chi connectivity index (χ1v) is 7.20. The molecule has 1 amide bonds. The van der Waals surface area contributed by atoms with Crippen LogP contribution in [-0.4, -0.2) is 29.1 Å². The lowest BCUT2D eigenvalue weighted by molar-refractivity contribution is -0.128. The minimum absolute atomic E-state index is 0.0581. The molecule has 1 unspecified atom stereocenters. The molecule has 0 radical (unpaired) electrons. The molecule has 1 rings (SSSR count). The Labute approximate surface area is 125 Å². The van der Waals surface area contributed by atoms with Crippen molar-refractivity contribution >= 4 is 11.9 Å². The zero-order valence-corrected chi connectivity index (χ0v) is 13.0. The Morgan fingerprint density at radius 2 is 1.90 bits per heavy atom. The SMILES string of the molecule is CCC(CC)NC(=O)C(C)Oc1cc(C)ccc1C(=O)O. The number of aryl methyl sites for hydroxylation is 1. The average Bonchev–Trinajstić information content (AvgIpc) is 2.44. The van der Waals surface area contributed by atoms with Crippen LogP contribution in [0.3, 0.4) is 0 Å². The molecular weight excluding hydrogens is 270 g/mol. The van der Waals surface area contributed by atoms with Crippen molar-refractivity contribution in [3.63, 3.8) is 0 Å². The van der Waals surface area contributed by atoms with Gasteiger partial charge in [0.05, 0.1) is 0 Å². The van der Waals surface area contributed by atoms with Gasteiger partial charge in [0.25, 0.3) is 5.91 Å². The summed E-state index contributed by atoms with van der Waals surface area (Å²) in [5, 5.41) is 12.0. The number of benzene rings is 1. The van der Waals surface area contributed by atoms with Gasteiger partial charge in [-0.2, -0.15) is 0 Å². The third kappa shape index (κ3) is 4.77. The zero-order valence-electron chi connectivity index (χ0n) is 13.0. The van der Waals surface area contributed by atoms with Crippen LogP contribution in [-0.2, 0) is 4.79 Å². The van der Waals surface area contributed by atoms with Crippen LogP contribution >= 0.6 is 0 Å². The number of aromatic carboxylic acids is 1. The predicted molar refractivity (Wildman–Crippen MR) is 80.7 cm³/mol. The van der Waals surface area contributed by atoms with Crippen molar-refractivity contribution in [2.75, 3.05) is 0 Å². The van der Waals surface area contributed by atoms with Crippen LogP contribution in [0, 0.1) is 6.92 Å². The summed E-state index contributed by atoms with van der Waals surface area (Å²) in [4.78, 5) is 23.2. The number of rotatable bonds is 7. The predicted octanol–water partition coefficient (Wildman–Crippen LogP) is 2.77. The molecule has 1 aromatic carbocycles. The van der Waals surface area contributed by atoms with Crippen molar-refractivity contribution in [3.8, 4) is 5.75 Å². The molecule has 5 heteroatoms. The first-order chi connectivity index (χ1) is 9.88. The second-order valence-electron chi connectivity index (χ2n) is 5.09. The van der Waals surface area contributed by atoms with E-state index in [-0.39, 0.29) is 23.3 Å². The maximum Gasteiger partial charge on any atom is 0.339 e. The molecule has 0 saturated heterocycles. The van der Waals surface area contributed by atoms with Gasteiger partial charge in [0.15, 0.2) is 6.10 Å². The number of nitrogens with one attached hydrogen (secondary N) is 1. The highest BCUT2D eigenvalue weighted by Gasteiger charge is 2.20. The van der Waals surface area contributed by atoms with E-state index in [4.69, 9.17) is 9.84 Å². The highest BCUT2D eigenvalue weighted by atomic mass is 16.5. The Morgan fingerprint density at radius 1 is 1.29 bits per heavy atom. The maximum atomic E-state index is 12.1. The van der Waals surface area contributed by atoms with Crippen LogP contribution in [0.2, 0.25) is 0 Å². The Bertz CT molecular complexity index is 509. The highest BCUT2D eigenvalue weighted by molar-refractivity contribution is 5.91. The lowest BCUT2D eigenvalue weighted by Gasteiger charge is -2.20. The number of amides is 1. The van der Waals surface area contributed by atoms with Crippen molar-refractivity contribution in [1.29, 1.82) is 0 Å². The second-order valence-corrected chi connectivity index (χ2v) is 5.09. The van der Waals surface area contributed by atoms with Crippen LogP contribution in [0.15, 0.2) is 18.2 Å². The molecule has 0 fully saturated rings. The fourth-order valence-electron chi connectivity index (χ4n) is 1.96. The van der Waals surface area contributed by atoms with Crippen LogP contribution in [0.5, 0.6) is 5.75 Å². The number of hydrogen-bond acceptors (Lipinski definition) is 3. The summed E-state index contributed by atoms with van der Waals surface area (Å²) < 4.78 is 5.55. The number of hydrogen-bond donors (Lipinski definition) is 2. The smallest absolute Gasteiger partial charge is 0.339 e. The van der Waals surface area contributed by atoms with Crippen LogP contribution in [0.25, 0.3) is 0 Å². The van der Waals surface area contributed by atoms with E-state index in [0.717, 1.165) is 18.4 Å². The first kappa shape index (κ1) is 17.0. The average molecular weight is 293 g/mol. The molecule has 1 atom stereocenters. The van der Waals surface area contributed by atoms with E-state index in [2.05, 4.69) is 5.32 Å². The number of carboxylic acid groups (broad SMARTS) is 1. The van der Waals surface area contributed by atoms with Crippen molar-refractivity contribution < 1.29 is 19.4 Å². The van der Waals surface area contributed by atoms with E-state index in [9.17, 15) is 9.59 Å². The Morgan fingerprint density at radius 3 is 2.43 bits per heavy atom. The number of carbonyl (C=O) groups excluding carboxylic acids is 1. The maximum absolute atomic E-state index is 12.1. The molecular formula is C16H23NO4. The molecule has 2 N–H and O–H groups in total. The number of ether oxygens (including phenoxy) is 1. The third-order valence-corrected chi connectivity index (χ3v) is 3.37. The van der Waals surface area contributed by atoms with Crippen LogP contribution in [0.1, 0.15) is 49.5 Å². The van der Waals surface area contributed by atoms with Gasteiger partial charge in [0.2, 0.25) is 0 Å². The summed E-state index contributed by atoms with van der Waals surface area (Å²) in [6.07, 6.45) is 0.949. The molecule has 1 aromatic rings. The molecule has 21 heavy (non-hydrogen) atoms. The van der Waals surface area contributed by atoms with Crippen molar-refractivity contribution in [1.82, 2.24) is 5.32 Å². The summed E-state index contributed by atoms with van der Waals surface area (Å²) in [5.41, 5.74) is 0.936. The van der Waals surface area contributed by atoms with Gasteiger partial charge < -0.3 is 15.2 Å². The van der Waals surface area contributed by atoms with Crippen LogP contribution in [0.4, 0.5) is 0 Å². The summed E-state index contributed by atoms with van der Waals surface area (Å²) in [7, 11) is 0. The van der Waals surface area contributed by atoms with Gasteiger partial charge in [-0.25, -0.2) is 4.79 Å². The molecule has 0 heterocycles. The van der Waals surface area contributed by atoms with E-state index in [1.165, 1.54) is 6.07 Å². The lowest BCUT2D eigenvalue weighted by atomic mass is 10.1.